The molecule has 4 aromatic rings. The predicted molar refractivity (Wildman–Crippen MR) is 160 cm³/mol. The molecule has 0 radical (unpaired) electrons. The average molecular weight is 543 g/mol. The van der Waals surface area contributed by atoms with Crippen molar-refractivity contribution in [2.24, 2.45) is 0 Å². The summed E-state index contributed by atoms with van der Waals surface area (Å²) < 4.78 is 9.34. The molecule has 1 fully saturated rings. The fourth-order valence-electron chi connectivity index (χ4n) is 4.95. The van der Waals surface area contributed by atoms with Crippen LogP contribution in [0.15, 0.2) is 65.6 Å². The lowest BCUT2D eigenvalue weighted by Crippen LogP contribution is -2.44. The van der Waals surface area contributed by atoms with E-state index in [9.17, 15) is 4.79 Å². The number of hydrogen-bond acceptors (Lipinski definition) is 8. The van der Waals surface area contributed by atoms with E-state index in [2.05, 4.69) is 39.3 Å². The maximum absolute atomic E-state index is 13.4. The van der Waals surface area contributed by atoms with E-state index >= 15 is 0 Å². The molecule has 3 aromatic heterocycles. The van der Waals surface area contributed by atoms with Crippen LogP contribution >= 0.6 is 0 Å². The van der Waals surface area contributed by atoms with Gasteiger partial charge in [-0.05, 0) is 71.1 Å². The largest absolute Gasteiger partial charge is 0.370 e. The third-order valence-electron chi connectivity index (χ3n) is 7.25. The summed E-state index contributed by atoms with van der Waals surface area (Å²) >= 11 is 0. The number of pyridine rings is 1. The molecule has 210 valence electrons. The molecule has 1 saturated heterocycles. The summed E-state index contributed by atoms with van der Waals surface area (Å²) in [7, 11) is 2.16. The Kier molecular flexibility index (Phi) is 7.99. The molecule has 0 aliphatic carbocycles. The first-order chi connectivity index (χ1) is 19.3. The van der Waals surface area contributed by atoms with Crippen molar-refractivity contribution >= 4 is 28.4 Å². The van der Waals surface area contributed by atoms with Gasteiger partial charge in [0.15, 0.2) is 11.5 Å². The van der Waals surface area contributed by atoms with Crippen molar-refractivity contribution in [1.82, 2.24) is 29.2 Å². The van der Waals surface area contributed by atoms with Crippen molar-refractivity contribution in [1.29, 1.82) is 0 Å². The lowest BCUT2D eigenvalue weighted by atomic mass is 10.0. The van der Waals surface area contributed by atoms with Crippen molar-refractivity contribution in [3.05, 3.63) is 76.9 Å². The maximum Gasteiger partial charge on any atom is 0.278 e. The minimum Gasteiger partial charge on any atom is -0.370 e. The second-order valence-electron chi connectivity index (χ2n) is 10.5. The molecule has 10 nitrogen and oxygen atoms in total. The van der Waals surface area contributed by atoms with Crippen molar-refractivity contribution in [3.8, 4) is 5.82 Å². The van der Waals surface area contributed by atoms with E-state index in [0.29, 0.717) is 36.0 Å². The molecule has 1 aliphatic heterocycles. The summed E-state index contributed by atoms with van der Waals surface area (Å²) in [5.74, 6) is 0.991. The average Bonchev–Trinajstić information content (AvgIpc) is 3.23. The van der Waals surface area contributed by atoms with Gasteiger partial charge in [-0.25, -0.2) is 19.3 Å². The van der Waals surface area contributed by atoms with E-state index in [1.54, 1.807) is 15.6 Å². The quantitative estimate of drug-likeness (QED) is 0.313. The minimum atomic E-state index is -0.583. The fourth-order valence-corrected chi connectivity index (χ4v) is 4.95. The van der Waals surface area contributed by atoms with Gasteiger partial charge >= 0.3 is 0 Å². The topological polar surface area (TPSA) is 93.3 Å². The number of aromatic nitrogens is 5. The standard InChI is InChI=1S/C30H38N8O2/c1-6-8-16-37-28(39)24-21-31-29(32-22-12-14-23(15-13-22)36-19-17-35(5)18-20-36)34-27(24)38(37)26-11-9-10-25(33-26)30(3,4)40-7-2/h6,8-15,21H,7,16-20H2,1-5H3,(H,31,32,34)/b8-6-. The van der Waals surface area contributed by atoms with Crippen molar-refractivity contribution < 1.29 is 4.74 Å². The van der Waals surface area contributed by atoms with Gasteiger partial charge in [0, 0.05) is 50.4 Å². The highest BCUT2D eigenvalue weighted by molar-refractivity contribution is 5.77. The van der Waals surface area contributed by atoms with Gasteiger partial charge in [-0.1, -0.05) is 18.2 Å². The molecule has 0 amide bonds. The Balaban J connectivity index is 1.51. The SMILES string of the molecule is C/C=C\Cn1c(=O)c2cnc(Nc3ccc(N4CCN(C)CC4)cc3)nc2n1-c1cccc(C(C)(C)OCC)n1. The van der Waals surface area contributed by atoms with Gasteiger partial charge in [-0.15, -0.1) is 0 Å². The van der Waals surface area contributed by atoms with Crippen LogP contribution in [0.5, 0.6) is 0 Å². The van der Waals surface area contributed by atoms with Crippen LogP contribution in [0.4, 0.5) is 17.3 Å². The number of anilines is 3. The van der Waals surface area contributed by atoms with Gasteiger partial charge < -0.3 is 19.9 Å². The van der Waals surface area contributed by atoms with Crippen LogP contribution in [0.1, 0.15) is 33.4 Å². The molecule has 0 spiro atoms. The number of fused-ring (bicyclic) bond motifs is 1. The van der Waals surface area contributed by atoms with Gasteiger partial charge in [0.1, 0.15) is 11.0 Å². The van der Waals surface area contributed by atoms with Crippen LogP contribution in [-0.2, 0) is 16.9 Å². The second kappa shape index (κ2) is 11.6. The molecular weight excluding hydrogens is 504 g/mol. The summed E-state index contributed by atoms with van der Waals surface area (Å²) in [5.41, 5.74) is 2.57. The summed E-state index contributed by atoms with van der Waals surface area (Å²) in [6, 6.07) is 14.0. The van der Waals surface area contributed by atoms with Gasteiger partial charge in [-0.2, -0.15) is 4.98 Å². The van der Waals surface area contributed by atoms with Gasteiger partial charge in [-0.3, -0.25) is 4.79 Å². The molecule has 0 unspecified atom stereocenters. The third kappa shape index (κ3) is 5.64. The van der Waals surface area contributed by atoms with E-state index in [-0.39, 0.29) is 5.56 Å². The first-order valence-corrected chi connectivity index (χ1v) is 13.8. The zero-order valence-corrected chi connectivity index (χ0v) is 24.0. The van der Waals surface area contributed by atoms with Crippen molar-refractivity contribution in [2.45, 2.75) is 39.8 Å². The Bertz CT molecular complexity index is 1550. The number of likely N-dealkylation sites (N-methyl/N-ethyl adjacent to an activating group) is 1. The molecule has 0 saturated carbocycles. The zero-order chi connectivity index (χ0) is 28.3. The Morgan fingerprint density at radius 3 is 2.50 bits per heavy atom. The summed E-state index contributed by atoms with van der Waals surface area (Å²) in [6.45, 7) is 13.0. The predicted octanol–water partition coefficient (Wildman–Crippen LogP) is 4.32. The molecule has 0 atom stereocenters. The van der Waals surface area contributed by atoms with Crippen LogP contribution in [0, 0.1) is 0 Å². The minimum absolute atomic E-state index is 0.174. The van der Waals surface area contributed by atoms with Crippen LogP contribution in [-0.4, -0.2) is 69.0 Å². The molecule has 0 bridgehead atoms. The van der Waals surface area contributed by atoms with Crippen molar-refractivity contribution in [3.63, 3.8) is 0 Å². The smallest absolute Gasteiger partial charge is 0.278 e. The highest BCUT2D eigenvalue weighted by Gasteiger charge is 2.24. The Labute approximate surface area is 234 Å². The number of nitrogens with zero attached hydrogens (tertiary/aromatic N) is 7. The van der Waals surface area contributed by atoms with Crippen LogP contribution in [0.2, 0.25) is 0 Å². The second-order valence-corrected chi connectivity index (χ2v) is 10.5. The Hall–Kier alpha value is -4.02. The number of nitrogens with one attached hydrogen (secondary N) is 1. The monoisotopic (exact) mass is 542 g/mol. The maximum atomic E-state index is 13.4. The fraction of sp³-hybridized carbons (Fsp3) is 0.400. The number of ether oxygens (including phenoxy) is 1. The zero-order valence-electron chi connectivity index (χ0n) is 24.0. The van der Waals surface area contributed by atoms with Crippen LogP contribution in [0.3, 0.4) is 0 Å². The summed E-state index contributed by atoms with van der Waals surface area (Å²) in [6.07, 6.45) is 5.43. The lowest BCUT2D eigenvalue weighted by molar-refractivity contribution is -0.0173. The first-order valence-electron chi connectivity index (χ1n) is 13.8. The highest BCUT2D eigenvalue weighted by atomic mass is 16.5. The molecule has 1 aromatic carbocycles. The van der Waals surface area contributed by atoms with E-state index < -0.39 is 5.60 Å². The summed E-state index contributed by atoms with van der Waals surface area (Å²) in [4.78, 5) is 32.3. The van der Waals surface area contributed by atoms with Gasteiger partial charge in [0.05, 0.1) is 12.2 Å². The molecule has 40 heavy (non-hydrogen) atoms. The molecule has 5 rings (SSSR count). The number of hydrogen-bond donors (Lipinski definition) is 1. The van der Waals surface area contributed by atoms with Crippen molar-refractivity contribution in [2.75, 3.05) is 50.1 Å². The molecule has 4 heterocycles. The highest BCUT2D eigenvalue weighted by Crippen LogP contribution is 2.25. The van der Waals surface area contributed by atoms with E-state index in [1.165, 1.54) is 5.69 Å². The van der Waals surface area contributed by atoms with Crippen LogP contribution < -0.4 is 15.8 Å². The summed E-state index contributed by atoms with van der Waals surface area (Å²) in [5, 5.41) is 3.74. The Morgan fingerprint density at radius 1 is 1.05 bits per heavy atom. The molecule has 1 aliphatic rings. The number of piperazine rings is 1. The van der Waals surface area contributed by atoms with E-state index in [1.807, 2.05) is 70.2 Å². The number of rotatable bonds is 9. The van der Waals surface area contributed by atoms with Gasteiger partial charge in [0.25, 0.3) is 5.56 Å². The van der Waals surface area contributed by atoms with Crippen LogP contribution in [0.25, 0.3) is 16.9 Å². The van der Waals surface area contributed by atoms with E-state index in [4.69, 9.17) is 14.7 Å². The first kappa shape index (κ1) is 27.5. The number of benzene rings is 1. The Morgan fingerprint density at radius 2 is 1.80 bits per heavy atom. The normalized spacial score (nSPS) is 14.9. The molecule has 1 N–H and O–H groups in total. The third-order valence-corrected chi connectivity index (χ3v) is 7.25. The number of allylic oxidation sites excluding steroid dienone is 2. The molecule has 10 heteroatoms. The van der Waals surface area contributed by atoms with Gasteiger partial charge in [0.2, 0.25) is 5.95 Å². The molecular formula is C30H38N8O2. The lowest BCUT2D eigenvalue weighted by Gasteiger charge is -2.34. The van der Waals surface area contributed by atoms with E-state index in [0.717, 1.165) is 37.6 Å².